The summed E-state index contributed by atoms with van der Waals surface area (Å²) in [7, 11) is 4.03. The van der Waals surface area contributed by atoms with Gasteiger partial charge in [-0.15, -0.1) is 6.58 Å². The third-order valence-electron chi connectivity index (χ3n) is 4.77. The smallest absolute Gasteiger partial charge is 0.193 e. The Kier molecular flexibility index (Phi) is 10.8. The molecule has 0 aliphatic carbocycles. The molecule has 0 unspecified atom stereocenters. The Hall–Kier alpha value is -1.03. The molecule has 23 heavy (non-hydrogen) atoms. The van der Waals surface area contributed by atoms with Crippen LogP contribution in [0, 0.1) is 5.92 Å². The van der Waals surface area contributed by atoms with Crippen LogP contribution in [0.2, 0.25) is 0 Å². The number of guanidine groups is 1. The van der Waals surface area contributed by atoms with Crippen LogP contribution in [0.5, 0.6) is 0 Å². The van der Waals surface area contributed by atoms with Crippen molar-refractivity contribution in [2.24, 2.45) is 10.9 Å². The second-order valence-electron chi connectivity index (χ2n) is 6.77. The average Bonchev–Trinajstić information content (AvgIpc) is 2.57. The van der Waals surface area contributed by atoms with E-state index >= 15 is 0 Å². The molecule has 0 bridgehead atoms. The van der Waals surface area contributed by atoms with E-state index in [1.165, 1.54) is 58.2 Å². The van der Waals surface area contributed by atoms with Gasteiger partial charge in [-0.3, -0.25) is 4.99 Å². The first-order valence-corrected chi connectivity index (χ1v) is 9.46. The summed E-state index contributed by atoms with van der Waals surface area (Å²) in [6.45, 7) is 12.0. The van der Waals surface area contributed by atoms with Crippen molar-refractivity contribution >= 4 is 5.96 Å². The number of hydrogen-bond acceptors (Lipinski definition) is 2. The Morgan fingerprint density at radius 3 is 2.65 bits per heavy atom. The van der Waals surface area contributed by atoms with Gasteiger partial charge in [-0.25, -0.2) is 0 Å². The first-order chi connectivity index (χ1) is 11.2. The number of allylic oxidation sites excluding steroid dienone is 1. The maximum atomic E-state index is 4.44. The van der Waals surface area contributed by atoms with Gasteiger partial charge in [0.15, 0.2) is 5.96 Å². The molecule has 0 aromatic rings. The lowest BCUT2D eigenvalue weighted by molar-refractivity contribution is 0.185. The van der Waals surface area contributed by atoms with Gasteiger partial charge in [-0.2, -0.15) is 0 Å². The van der Waals surface area contributed by atoms with Gasteiger partial charge in [0.2, 0.25) is 0 Å². The Morgan fingerprint density at radius 2 is 2.04 bits per heavy atom. The maximum Gasteiger partial charge on any atom is 0.193 e. The minimum absolute atomic E-state index is 0.792. The van der Waals surface area contributed by atoms with Gasteiger partial charge in [0.25, 0.3) is 0 Å². The van der Waals surface area contributed by atoms with E-state index in [0.717, 1.165) is 31.4 Å². The first kappa shape index (κ1) is 20.0. The lowest BCUT2D eigenvalue weighted by Crippen LogP contribution is -2.43. The standard InChI is InChI=1S/C19H38N4/c1-5-7-8-9-10-14-22(4)19(20-3)21-17-18-11-15-23(13-6-2)16-12-18/h5,18H,1,6-17H2,2-4H3,(H,20,21). The van der Waals surface area contributed by atoms with Crippen molar-refractivity contribution in [3.05, 3.63) is 12.7 Å². The van der Waals surface area contributed by atoms with E-state index in [4.69, 9.17) is 0 Å². The molecule has 4 heteroatoms. The lowest BCUT2D eigenvalue weighted by Gasteiger charge is -2.32. The van der Waals surface area contributed by atoms with Crippen LogP contribution in [0.4, 0.5) is 0 Å². The number of nitrogens with zero attached hydrogens (tertiary/aromatic N) is 3. The molecule has 0 atom stereocenters. The van der Waals surface area contributed by atoms with Crippen LogP contribution >= 0.6 is 0 Å². The summed E-state index contributed by atoms with van der Waals surface area (Å²) in [6, 6.07) is 0. The number of likely N-dealkylation sites (tertiary alicyclic amines) is 1. The molecule has 0 aromatic heterocycles. The number of nitrogens with one attached hydrogen (secondary N) is 1. The van der Waals surface area contributed by atoms with Crippen molar-refractivity contribution in [3.8, 4) is 0 Å². The highest BCUT2D eigenvalue weighted by Crippen LogP contribution is 2.16. The molecule has 0 saturated carbocycles. The zero-order valence-corrected chi connectivity index (χ0v) is 15.7. The number of unbranched alkanes of at least 4 members (excludes halogenated alkanes) is 3. The Bertz CT molecular complexity index is 332. The Balaban J connectivity index is 2.19. The zero-order chi connectivity index (χ0) is 16.9. The van der Waals surface area contributed by atoms with E-state index in [-0.39, 0.29) is 0 Å². The Morgan fingerprint density at radius 1 is 1.30 bits per heavy atom. The van der Waals surface area contributed by atoms with Gasteiger partial charge in [-0.1, -0.05) is 19.4 Å². The van der Waals surface area contributed by atoms with Crippen LogP contribution < -0.4 is 5.32 Å². The molecular weight excluding hydrogens is 284 g/mol. The summed E-state index contributed by atoms with van der Waals surface area (Å²) in [5.74, 6) is 1.84. The van der Waals surface area contributed by atoms with Gasteiger partial charge >= 0.3 is 0 Å². The van der Waals surface area contributed by atoms with Crippen molar-refractivity contribution in [1.82, 2.24) is 15.1 Å². The molecule has 0 amide bonds. The van der Waals surface area contributed by atoms with Gasteiger partial charge in [0.1, 0.15) is 0 Å². The molecule has 1 N–H and O–H groups in total. The summed E-state index contributed by atoms with van der Waals surface area (Å²) in [6.07, 6.45) is 10.8. The second-order valence-corrected chi connectivity index (χ2v) is 6.77. The molecule has 4 nitrogen and oxygen atoms in total. The third-order valence-corrected chi connectivity index (χ3v) is 4.77. The predicted molar refractivity (Wildman–Crippen MR) is 102 cm³/mol. The second kappa shape index (κ2) is 12.4. The average molecular weight is 323 g/mol. The highest BCUT2D eigenvalue weighted by molar-refractivity contribution is 5.79. The van der Waals surface area contributed by atoms with Crippen LogP contribution in [0.25, 0.3) is 0 Å². The van der Waals surface area contributed by atoms with Crippen LogP contribution in [0.3, 0.4) is 0 Å². The minimum atomic E-state index is 0.792. The van der Waals surface area contributed by atoms with Crippen LogP contribution in [0.15, 0.2) is 17.6 Å². The number of piperidine rings is 1. The molecule has 0 radical (unpaired) electrons. The van der Waals surface area contributed by atoms with Crippen molar-refractivity contribution in [1.29, 1.82) is 0 Å². The van der Waals surface area contributed by atoms with Gasteiger partial charge in [0, 0.05) is 27.2 Å². The highest BCUT2D eigenvalue weighted by atomic mass is 15.3. The van der Waals surface area contributed by atoms with E-state index < -0.39 is 0 Å². The SMILES string of the molecule is C=CCCCCCN(C)C(=NC)NCC1CCN(CCC)CC1. The van der Waals surface area contributed by atoms with E-state index in [1.807, 2.05) is 13.1 Å². The summed E-state index contributed by atoms with van der Waals surface area (Å²) in [5.41, 5.74) is 0. The lowest BCUT2D eigenvalue weighted by atomic mass is 9.97. The predicted octanol–water partition coefficient (Wildman–Crippen LogP) is 3.36. The van der Waals surface area contributed by atoms with Gasteiger partial charge in [-0.05, 0) is 64.1 Å². The van der Waals surface area contributed by atoms with E-state index in [1.54, 1.807) is 0 Å². The topological polar surface area (TPSA) is 30.9 Å². The molecule has 1 aliphatic rings. The molecular formula is C19H38N4. The normalized spacial score (nSPS) is 17.3. The fraction of sp³-hybridized carbons (Fsp3) is 0.842. The molecule has 1 fully saturated rings. The Labute approximate surface area is 144 Å². The summed E-state index contributed by atoms with van der Waals surface area (Å²) in [4.78, 5) is 9.30. The van der Waals surface area contributed by atoms with E-state index in [0.29, 0.717) is 0 Å². The third kappa shape index (κ3) is 8.40. The van der Waals surface area contributed by atoms with Crippen molar-refractivity contribution in [2.45, 2.75) is 51.9 Å². The minimum Gasteiger partial charge on any atom is -0.356 e. The highest BCUT2D eigenvalue weighted by Gasteiger charge is 2.19. The fourth-order valence-electron chi connectivity index (χ4n) is 3.27. The number of hydrogen-bond donors (Lipinski definition) is 1. The van der Waals surface area contributed by atoms with Gasteiger partial charge < -0.3 is 15.1 Å². The van der Waals surface area contributed by atoms with Crippen molar-refractivity contribution < 1.29 is 0 Å². The summed E-state index contributed by atoms with van der Waals surface area (Å²) < 4.78 is 0. The maximum absolute atomic E-state index is 4.44. The van der Waals surface area contributed by atoms with Crippen LogP contribution in [0.1, 0.15) is 51.9 Å². The zero-order valence-electron chi connectivity index (χ0n) is 15.7. The molecule has 1 rings (SSSR count). The van der Waals surface area contributed by atoms with Crippen molar-refractivity contribution in [2.75, 3.05) is 46.8 Å². The molecule has 1 heterocycles. The van der Waals surface area contributed by atoms with E-state index in [9.17, 15) is 0 Å². The van der Waals surface area contributed by atoms with Crippen LogP contribution in [-0.4, -0.2) is 62.6 Å². The number of rotatable bonds is 10. The largest absolute Gasteiger partial charge is 0.356 e. The van der Waals surface area contributed by atoms with E-state index in [2.05, 4.69) is 40.7 Å². The molecule has 1 saturated heterocycles. The summed E-state index contributed by atoms with van der Waals surface area (Å²) >= 11 is 0. The molecule has 134 valence electrons. The number of aliphatic imine (C=N–C) groups is 1. The summed E-state index contributed by atoms with van der Waals surface area (Å²) in [5, 5.41) is 3.58. The van der Waals surface area contributed by atoms with Crippen molar-refractivity contribution in [3.63, 3.8) is 0 Å². The molecule has 1 aliphatic heterocycles. The van der Waals surface area contributed by atoms with Crippen LogP contribution in [-0.2, 0) is 0 Å². The van der Waals surface area contributed by atoms with Gasteiger partial charge in [0.05, 0.1) is 0 Å². The first-order valence-electron chi connectivity index (χ1n) is 9.46. The molecule has 0 spiro atoms. The fourth-order valence-corrected chi connectivity index (χ4v) is 3.27. The quantitative estimate of drug-likeness (QED) is 0.289. The molecule has 0 aromatic carbocycles. The monoisotopic (exact) mass is 322 g/mol.